The van der Waals surface area contributed by atoms with Gasteiger partial charge in [0.25, 0.3) is 5.91 Å². The van der Waals surface area contributed by atoms with Crippen LogP contribution < -0.4 is 15.4 Å². The first-order valence-corrected chi connectivity index (χ1v) is 10.3. The number of hydrogen-bond donors (Lipinski definition) is 3. The number of carbonyl (C=O) groups is 2. The van der Waals surface area contributed by atoms with Crippen molar-refractivity contribution in [1.29, 1.82) is 0 Å². The van der Waals surface area contributed by atoms with Crippen molar-refractivity contribution in [3.05, 3.63) is 71.3 Å². The van der Waals surface area contributed by atoms with Crippen LogP contribution >= 0.6 is 11.6 Å². The zero-order valence-electron chi connectivity index (χ0n) is 17.7. The second-order valence-corrected chi connectivity index (χ2v) is 7.59. The third-order valence-corrected chi connectivity index (χ3v) is 4.76. The number of benzene rings is 1. The highest BCUT2D eigenvalue weighted by molar-refractivity contribution is 6.30. The van der Waals surface area contributed by atoms with E-state index in [1.807, 2.05) is 0 Å². The van der Waals surface area contributed by atoms with Crippen molar-refractivity contribution in [2.45, 2.75) is 37.7 Å². The van der Waals surface area contributed by atoms with Gasteiger partial charge < -0.3 is 20.5 Å². The number of ether oxygens (including phenoxy) is 1. The third kappa shape index (κ3) is 8.99. The van der Waals surface area contributed by atoms with Gasteiger partial charge in [0, 0.05) is 18.3 Å². The van der Waals surface area contributed by atoms with Crippen molar-refractivity contribution >= 4 is 23.4 Å². The Kier molecular flexibility index (Phi) is 9.82. The molecule has 0 fully saturated rings. The van der Waals surface area contributed by atoms with Crippen LogP contribution in [0, 0.1) is 5.82 Å². The quantitative estimate of drug-likeness (QED) is 0.322. The van der Waals surface area contributed by atoms with Crippen LogP contribution in [0.3, 0.4) is 0 Å². The average molecular weight is 504 g/mol. The summed E-state index contributed by atoms with van der Waals surface area (Å²) in [5.41, 5.74) is -0.879. The van der Waals surface area contributed by atoms with E-state index in [4.69, 9.17) is 16.3 Å². The Morgan fingerprint density at radius 3 is 2.62 bits per heavy atom. The summed E-state index contributed by atoms with van der Waals surface area (Å²) in [6.07, 6.45) is -3.78. The molecule has 1 heterocycles. The molecule has 1 aromatic carbocycles. The van der Waals surface area contributed by atoms with Gasteiger partial charge in [0.05, 0.1) is 35.3 Å². The lowest BCUT2D eigenvalue weighted by molar-refractivity contribution is -0.137. The number of carbonyl (C=O) groups excluding carboxylic acids is 2. The lowest BCUT2D eigenvalue weighted by atomic mass is 10.1. The molecule has 0 aliphatic carbocycles. The van der Waals surface area contributed by atoms with E-state index in [-0.39, 0.29) is 35.9 Å². The summed E-state index contributed by atoms with van der Waals surface area (Å²) in [6, 6.07) is 4.63. The van der Waals surface area contributed by atoms with E-state index in [0.29, 0.717) is 0 Å². The maximum Gasteiger partial charge on any atom is 0.416 e. The van der Waals surface area contributed by atoms with Gasteiger partial charge in [0.1, 0.15) is 11.6 Å². The maximum atomic E-state index is 13.4. The van der Waals surface area contributed by atoms with Crippen LogP contribution in [0.2, 0.25) is 5.02 Å². The highest BCUT2D eigenvalue weighted by Crippen LogP contribution is 2.29. The molecular weight excluding hydrogens is 482 g/mol. The number of nitrogens with zero attached hydrogens (tertiary/aromatic N) is 1. The highest BCUT2D eigenvalue weighted by Gasteiger charge is 2.30. The summed E-state index contributed by atoms with van der Waals surface area (Å²) in [5.74, 6) is -1.80. The van der Waals surface area contributed by atoms with Crippen molar-refractivity contribution in [1.82, 2.24) is 15.6 Å². The Morgan fingerprint density at radius 2 is 1.97 bits per heavy atom. The summed E-state index contributed by atoms with van der Waals surface area (Å²) in [5, 5.41) is 15.0. The summed E-state index contributed by atoms with van der Waals surface area (Å²) in [7, 11) is 0. The molecule has 0 saturated carbocycles. The van der Waals surface area contributed by atoms with Crippen molar-refractivity contribution in [3.63, 3.8) is 0 Å². The van der Waals surface area contributed by atoms with Crippen molar-refractivity contribution in [2.24, 2.45) is 0 Å². The SMILES string of the molecule is C=CC(CC(O)CC(=O)NCc1cc(C(F)(F)F)ccn1)NC(=O)COc1ccc(Cl)c(F)c1. The fourth-order valence-electron chi connectivity index (χ4n) is 2.78. The molecule has 184 valence electrons. The van der Waals surface area contributed by atoms with Crippen LogP contribution in [0.1, 0.15) is 24.1 Å². The molecule has 12 heteroatoms. The molecule has 2 rings (SSSR count). The first-order chi connectivity index (χ1) is 16.0. The molecule has 7 nitrogen and oxygen atoms in total. The summed E-state index contributed by atoms with van der Waals surface area (Å²) >= 11 is 5.57. The minimum atomic E-state index is -4.53. The molecule has 2 atom stereocenters. The van der Waals surface area contributed by atoms with E-state index < -0.39 is 48.1 Å². The van der Waals surface area contributed by atoms with Crippen LogP contribution in [-0.2, 0) is 22.3 Å². The van der Waals surface area contributed by atoms with Gasteiger partial charge in [-0.2, -0.15) is 13.2 Å². The van der Waals surface area contributed by atoms with Gasteiger partial charge in [-0.05, 0) is 30.7 Å². The number of aliphatic hydroxyl groups excluding tert-OH is 1. The summed E-state index contributed by atoms with van der Waals surface area (Å²) < 4.78 is 56.8. The molecule has 3 N–H and O–H groups in total. The fraction of sp³-hybridized carbons (Fsp3) is 0.318. The Hall–Kier alpha value is -3.18. The zero-order valence-corrected chi connectivity index (χ0v) is 18.5. The van der Waals surface area contributed by atoms with Gasteiger partial charge in [-0.15, -0.1) is 6.58 Å². The van der Waals surface area contributed by atoms with E-state index in [2.05, 4.69) is 22.2 Å². The van der Waals surface area contributed by atoms with Crippen molar-refractivity contribution in [3.8, 4) is 5.75 Å². The van der Waals surface area contributed by atoms with Gasteiger partial charge in [0.2, 0.25) is 5.91 Å². The Labute approximate surface area is 197 Å². The van der Waals surface area contributed by atoms with Crippen molar-refractivity contribution in [2.75, 3.05) is 6.61 Å². The van der Waals surface area contributed by atoms with Crippen LogP contribution in [0.5, 0.6) is 5.75 Å². The van der Waals surface area contributed by atoms with E-state index in [1.165, 1.54) is 18.2 Å². The molecule has 0 bridgehead atoms. The molecule has 0 aliphatic rings. The van der Waals surface area contributed by atoms with Gasteiger partial charge in [-0.25, -0.2) is 4.39 Å². The Balaban J connectivity index is 1.76. The molecule has 0 radical (unpaired) electrons. The van der Waals surface area contributed by atoms with Crippen molar-refractivity contribution < 1.29 is 37.0 Å². The van der Waals surface area contributed by atoms with Gasteiger partial charge in [-0.1, -0.05) is 17.7 Å². The second-order valence-electron chi connectivity index (χ2n) is 7.18. The molecule has 0 spiro atoms. The number of nitrogens with one attached hydrogen (secondary N) is 2. The summed E-state index contributed by atoms with van der Waals surface area (Å²) in [4.78, 5) is 27.8. The number of alkyl halides is 3. The lowest BCUT2D eigenvalue weighted by Gasteiger charge is -2.19. The van der Waals surface area contributed by atoms with Gasteiger partial charge in [0.15, 0.2) is 6.61 Å². The maximum absolute atomic E-state index is 13.4. The highest BCUT2D eigenvalue weighted by atomic mass is 35.5. The molecule has 0 saturated heterocycles. The van der Waals surface area contributed by atoms with Crippen LogP contribution in [0.25, 0.3) is 0 Å². The zero-order chi connectivity index (χ0) is 25.3. The number of rotatable bonds is 11. The Morgan fingerprint density at radius 1 is 1.24 bits per heavy atom. The van der Waals surface area contributed by atoms with Gasteiger partial charge >= 0.3 is 6.18 Å². The predicted octanol–water partition coefficient (Wildman–Crippen LogP) is 3.40. The van der Waals surface area contributed by atoms with Gasteiger partial charge in [-0.3, -0.25) is 14.6 Å². The molecule has 34 heavy (non-hydrogen) atoms. The lowest BCUT2D eigenvalue weighted by Crippen LogP contribution is -2.39. The molecule has 2 aromatic rings. The minimum Gasteiger partial charge on any atom is -0.484 e. The number of hydrogen-bond acceptors (Lipinski definition) is 5. The largest absolute Gasteiger partial charge is 0.484 e. The number of halogens is 5. The fourth-order valence-corrected chi connectivity index (χ4v) is 2.90. The smallest absolute Gasteiger partial charge is 0.416 e. The van der Waals surface area contributed by atoms with Crippen LogP contribution in [0.4, 0.5) is 17.6 Å². The third-order valence-electron chi connectivity index (χ3n) is 4.45. The molecule has 0 aliphatic heterocycles. The monoisotopic (exact) mass is 503 g/mol. The van der Waals surface area contributed by atoms with E-state index in [9.17, 15) is 32.3 Å². The first-order valence-electron chi connectivity index (χ1n) is 9.94. The van der Waals surface area contributed by atoms with Crippen LogP contribution in [-0.4, -0.2) is 40.7 Å². The topological polar surface area (TPSA) is 101 Å². The Bertz CT molecular complexity index is 1020. The second kappa shape index (κ2) is 12.3. The molecule has 2 amide bonds. The number of aromatic nitrogens is 1. The molecule has 2 unspecified atom stereocenters. The number of aliphatic hydroxyl groups is 1. The average Bonchev–Trinajstić information content (AvgIpc) is 2.77. The van der Waals surface area contributed by atoms with E-state index in [0.717, 1.165) is 24.4 Å². The van der Waals surface area contributed by atoms with E-state index >= 15 is 0 Å². The standard InChI is InChI=1S/C22H22ClF4N3O4/c1-2-14(30-21(33)12-34-17-3-4-18(23)19(24)10-17)8-16(31)9-20(32)29-11-15-7-13(5-6-28-15)22(25,26)27/h2-7,10,14,16,31H,1,8-9,11-12H2,(H,29,32)(H,30,33). The predicted molar refractivity (Wildman–Crippen MR) is 115 cm³/mol. The van der Waals surface area contributed by atoms with E-state index in [1.54, 1.807) is 0 Å². The summed E-state index contributed by atoms with van der Waals surface area (Å²) in [6.45, 7) is 2.87. The minimum absolute atomic E-state index is 0.00876. The first kappa shape index (κ1) is 27.1. The normalized spacial score (nSPS) is 13.0. The molecule has 1 aromatic heterocycles. The van der Waals surface area contributed by atoms with Crippen LogP contribution in [0.15, 0.2) is 49.2 Å². The number of amides is 2. The molecular formula is C22H22ClF4N3O4. The number of pyridine rings is 1.